The molecule has 1 atom stereocenters. The molecule has 19 heavy (non-hydrogen) atoms. The van der Waals surface area contributed by atoms with Gasteiger partial charge in [-0.25, -0.2) is 0 Å². The number of anilines is 1. The number of hydrogen-bond acceptors (Lipinski definition) is 4. The van der Waals surface area contributed by atoms with E-state index in [0.29, 0.717) is 5.17 Å². The van der Waals surface area contributed by atoms with Gasteiger partial charge >= 0.3 is 6.36 Å². The SMILES string of the molecule is CCC1CSC(Nc2ccccc2OC(F)(F)F)=N1. The lowest BCUT2D eigenvalue weighted by Crippen LogP contribution is -2.18. The van der Waals surface area contributed by atoms with Crippen molar-refractivity contribution in [2.45, 2.75) is 25.7 Å². The fourth-order valence-electron chi connectivity index (χ4n) is 1.59. The number of hydrogen-bond donors (Lipinski definition) is 1. The zero-order valence-corrected chi connectivity index (χ0v) is 11.0. The Kier molecular flexibility index (Phi) is 4.24. The molecule has 0 aromatic heterocycles. The van der Waals surface area contributed by atoms with E-state index in [-0.39, 0.29) is 17.5 Å². The Morgan fingerprint density at radius 1 is 1.42 bits per heavy atom. The van der Waals surface area contributed by atoms with E-state index in [9.17, 15) is 13.2 Å². The molecular weight excluding hydrogens is 277 g/mol. The number of nitrogens with zero attached hydrogens (tertiary/aromatic N) is 1. The Morgan fingerprint density at radius 3 is 2.79 bits per heavy atom. The number of rotatable bonds is 3. The maximum Gasteiger partial charge on any atom is 0.573 e. The van der Waals surface area contributed by atoms with Crippen molar-refractivity contribution in [2.24, 2.45) is 4.99 Å². The van der Waals surface area contributed by atoms with Crippen LogP contribution >= 0.6 is 11.8 Å². The minimum absolute atomic E-state index is 0.225. The van der Waals surface area contributed by atoms with Gasteiger partial charge < -0.3 is 10.1 Å². The van der Waals surface area contributed by atoms with Crippen LogP contribution in [0.1, 0.15) is 13.3 Å². The number of alkyl halides is 3. The number of halogens is 3. The number of ether oxygens (including phenoxy) is 1. The summed E-state index contributed by atoms with van der Waals surface area (Å²) in [6.07, 6.45) is -3.78. The topological polar surface area (TPSA) is 33.6 Å². The van der Waals surface area contributed by atoms with Crippen molar-refractivity contribution in [1.82, 2.24) is 0 Å². The highest BCUT2D eigenvalue weighted by Crippen LogP contribution is 2.31. The van der Waals surface area contributed by atoms with Crippen molar-refractivity contribution in [1.29, 1.82) is 0 Å². The van der Waals surface area contributed by atoms with Crippen molar-refractivity contribution in [2.75, 3.05) is 11.1 Å². The molecule has 2 rings (SSSR count). The van der Waals surface area contributed by atoms with E-state index >= 15 is 0 Å². The first-order valence-corrected chi connectivity index (χ1v) is 6.79. The molecule has 0 aliphatic carbocycles. The summed E-state index contributed by atoms with van der Waals surface area (Å²) in [5, 5.41) is 3.51. The molecular formula is C12H13F3N2OS. The van der Waals surface area contributed by atoms with Gasteiger partial charge in [0.2, 0.25) is 0 Å². The molecule has 0 radical (unpaired) electrons. The van der Waals surface area contributed by atoms with Crippen LogP contribution in [0.3, 0.4) is 0 Å². The molecule has 0 bridgehead atoms. The van der Waals surface area contributed by atoms with Gasteiger partial charge in [0.15, 0.2) is 10.9 Å². The fraction of sp³-hybridized carbons (Fsp3) is 0.417. The third kappa shape index (κ3) is 4.05. The average Bonchev–Trinajstić information content (AvgIpc) is 2.78. The van der Waals surface area contributed by atoms with Crippen molar-refractivity contribution in [3.8, 4) is 5.75 Å². The van der Waals surface area contributed by atoms with Gasteiger partial charge in [0.25, 0.3) is 0 Å². The second-order valence-electron chi connectivity index (χ2n) is 3.98. The molecule has 0 saturated carbocycles. The maximum absolute atomic E-state index is 12.3. The molecule has 104 valence electrons. The Labute approximate surface area is 113 Å². The predicted molar refractivity (Wildman–Crippen MR) is 70.7 cm³/mol. The van der Waals surface area contributed by atoms with Crippen LogP contribution in [0.25, 0.3) is 0 Å². The first-order valence-electron chi connectivity index (χ1n) is 5.80. The van der Waals surface area contributed by atoms with E-state index in [0.717, 1.165) is 12.2 Å². The summed E-state index contributed by atoms with van der Waals surface area (Å²) in [4.78, 5) is 4.37. The zero-order valence-electron chi connectivity index (χ0n) is 10.2. The fourth-order valence-corrected chi connectivity index (χ4v) is 2.66. The highest BCUT2D eigenvalue weighted by molar-refractivity contribution is 8.14. The summed E-state index contributed by atoms with van der Waals surface area (Å²) in [5.74, 6) is 0.597. The van der Waals surface area contributed by atoms with Crippen LogP contribution in [-0.2, 0) is 0 Å². The van der Waals surface area contributed by atoms with E-state index in [1.54, 1.807) is 6.07 Å². The summed E-state index contributed by atoms with van der Waals surface area (Å²) in [7, 11) is 0. The Morgan fingerprint density at radius 2 is 2.16 bits per heavy atom. The van der Waals surface area contributed by atoms with Crippen LogP contribution in [0.15, 0.2) is 29.3 Å². The van der Waals surface area contributed by atoms with Crippen molar-refractivity contribution in [3.63, 3.8) is 0 Å². The van der Waals surface area contributed by atoms with Gasteiger partial charge in [-0.05, 0) is 18.6 Å². The second-order valence-corrected chi connectivity index (χ2v) is 4.98. The monoisotopic (exact) mass is 290 g/mol. The molecule has 0 spiro atoms. The average molecular weight is 290 g/mol. The van der Waals surface area contributed by atoms with Crippen molar-refractivity contribution < 1.29 is 17.9 Å². The van der Waals surface area contributed by atoms with Gasteiger partial charge in [-0.3, -0.25) is 4.99 Å². The minimum Gasteiger partial charge on any atom is -0.404 e. The molecule has 0 amide bonds. The number of thioether (sulfide) groups is 1. The summed E-state index contributed by atoms with van der Waals surface area (Å²) in [5.41, 5.74) is 0.267. The lowest BCUT2D eigenvalue weighted by atomic mass is 10.3. The molecule has 1 N–H and O–H groups in total. The minimum atomic E-state index is -4.70. The Bertz CT molecular complexity index is 476. The molecule has 7 heteroatoms. The van der Waals surface area contributed by atoms with Crippen LogP contribution in [0, 0.1) is 0 Å². The van der Waals surface area contributed by atoms with Crippen LogP contribution in [0.5, 0.6) is 5.75 Å². The number of benzene rings is 1. The molecule has 0 fully saturated rings. The highest BCUT2D eigenvalue weighted by Gasteiger charge is 2.32. The zero-order chi connectivity index (χ0) is 13.9. The molecule has 1 aliphatic heterocycles. The molecule has 1 unspecified atom stereocenters. The normalized spacial score (nSPS) is 19.2. The summed E-state index contributed by atoms with van der Waals surface area (Å²) >= 11 is 1.50. The number of amidine groups is 1. The Hall–Kier alpha value is -1.37. The standard InChI is InChI=1S/C12H13F3N2OS/c1-2-8-7-19-11(16-8)17-9-5-3-4-6-10(9)18-12(13,14)15/h3-6,8H,2,7H2,1H3,(H,16,17). The van der Waals surface area contributed by atoms with E-state index < -0.39 is 6.36 Å². The second kappa shape index (κ2) is 5.73. The Balaban J connectivity index is 2.12. The summed E-state index contributed by atoms with van der Waals surface area (Å²) < 4.78 is 40.8. The van der Waals surface area contributed by atoms with Crippen LogP contribution in [0.4, 0.5) is 18.9 Å². The smallest absolute Gasteiger partial charge is 0.404 e. The summed E-state index contributed by atoms with van der Waals surface area (Å²) in [6, 6.07) is 6.16. The number of para-hydroxylation sites is 2. The largest absolute Gasteiger partial charge is 0.573 e. The van der Waals surface area contributed by atoms with E-state index in [1.807, 2.05) is 6.92 Å². The molecule has 1 aromatic rings. The lowest BCUT2D eigenvalue weighted by Gasteiger charge is -2.13. The van der Waals surface area contributed by atoms with Crippen molar-refractivity contribution in [3.05, 3.63) is 24.3 Å². The molecule has 0 saturated heterocycles. The van der Waals surface area contributed by atoms with Gasteiger partial charge in [-0.1, -0.05) is 30.8 Å². The van der Waals surface area contributed by atoms with Crippen LogP contribution in [0.2, 0.25) is 0 Å². The molecule has 3 nitrogen and oxygen atoms in total. The van der Waals surface area contributed by atoms with Crippen LogP contribution in [-0.4, -0.2) is 23.3 Å². The van der Waals surface area contributed by atoms with Gasteiger partial charge in [-0.15, -0.1) is 13.2 Å². The predicted octanol–water partition coefficient (Wildman–Crippen LogP) is 3.88. The molecule has 1 aromatic carbocycles. The van der Waals surface area contributed by atoms with Gasteiger partial charge in [-0.2, -0.15) is 0 Å². The summed E-state index contributed by atoms with van der Waals surface area (Å²) in [6.45, 7) is 2.03. The molecule has 1 aliphatic rings. The quantitative estimate of drug-likeness (QED) is 0.917. The van der Waals surface area contributed by atoms with E-state index in [1.165, 1.54) is 30.0 Å². The first kappa shape index (κ1) is 14.0. The van der Waals surface area contributed by atoms with Gasteiger partial charge in [0.1, 0.15) is 0 Å². The lowest BCUT2D eigenvalue weighted by molar-refractivity contribution is -0.274. The third-order valence-electron chi connectivity index (χ3n) is 2.54. The van der Waals surface area contributed by atoms with Gasteiger partial charge in [0.05, 0.1) is 11.7 Å². The third-order valence-corrected chi connectivity index (χ3v) is 3.57. The first-order chi connectivity index (χ1) is 8.98. The van der Waals surface area contributed by atoms with Crippen LogP contribution < -0.4 is 10.1 Å². The highest BCUT2D eigenvalue weighted by atomic mass is 32.2. The van der Waals surface area contributed by atoms with Gasteiger partial charge in [0, 0.05) is 5.75 Å². The number of nitrogens with one attached hydrogen (secondary N) is 1. The molecule has 1 heterocycles. The maximum atomic E-state index is 12.3. The number of aliphatic imine (C=N–C) groups is 1. The van der Waals surface area contributed by atoms with Crippen molar-refractivity contribution >= 4 is 22.6 Å². The van der Waals surface area contributed by atoms with E-state index in [4.69, 9.17) is 0 Å². The van der Waals surface area contributed by atoms with E-state index in [2.05, 4.69) is 15.0 Å².